The summed E-state index contributed by atoms with van der Waals surface area (Å²) in [6.07, 6.45) is 2.94. The van der Waals surface area contributed by atoms with Crippen molar-refractivity contribution >= 4 is 18.8 Å². The fourth-order valence-electron chi connectivity index (χ4n) is 3.40. The van der Waals surface area contributed by atoms with Crippen LogP contribution in [0, 0.1) is 0 Å². The molecule has 0 spiro atoms. The first-order valence-electron chi connectivity index (χ1n) is 8.92. The van der Waals surface area contributed by atoms with Crippen molar-refractivity contribution in [2.75, 3.05) is 0 Å². The number of benzene rings is 2. The number of hydrogen-bond acceptors (Lipinski definition) is 3. The predicted molar refractivity (Wildman–Crippen MR) is 103 cm³/mol. The van der Waals surface area contributed by atoms with Gasteiger partial charge in [-0.1, -0.05) is 48.5 Å². The number of nitrogens with zero attached hydrogens (tertiary/aromatic N) is 1. The van der Waals surface area contributed by atoms with Gasteiger partial charge >= 0.3 is 7.12 Å². The quantitative estimate of drug-likeness (QED) is 0.785. The van der Waals surface area contributed by atoms with E-state index >= 15 is 0 Å². The SMILES string of the molecule is CC1(C)OB(c2ccc([C@@H]3N=CCc4ccccc43)cc2)OC1(C)C. The monoisotopic (exact) mass is 333 g/mol. The highest BCUT2D eigenvalue weighted by atomic mass is 16.7. The second-order valence-electron chi connectivity index (χ2n) is 7.89. The van der Waals surface area contributed by atoms with Gasteiger partial charge in [-0.3, -0.25) is 4.99 Å². The zero-order chi connectivity index (χ0) is 17.7. The molecule has 4 heteroatoms. The van der Waals surface area contributed by atoms with Crippen LogP contribution in [0.1, 0.15) is 50.4 Å². The minimum absolute atomic E-state index is 0.0808. The van der Waals surface area contributed by atoms with Crippen LogP contribution < -0.4 is 5.46 Å². The molecule has 0 aliphatic carbocycles. The molecule has 0 N–H and O–H groups in total. The highest BCUT2D eigenvalue weighted by Gasteiger charge is 2.51. The summed E-state index contributed by atoms with van der Waals surface area (Å²) in [5, 5.41) is 0. The largest absolute Gasteiger partial charge is 0.494 e. The molecule has 0 aromatic heterocycles. The van der Waals surface area contributed by atoms with Gasteiger partial charge in [0.1, 0.15) is 0 Å². The Morgan fingerprint density at radius 3 is 2.24 bits per heavy atom. The average Bonchev–Trinajstić information content (AvgIpc) is 2.82. The zero-order valence-electron chi connectivity index (χ0n) is 15.3. The molecule has 0 unspecified atom stereocenters. The first-order chi connectivity index (χ1) is 11.9. The lowest BCUT2D eigenvalue weighted by Crippen LogP contribution is -2.41. The molecule has 0 radical (unpaired) electrons. The van der Waals surface area contributed by atoms with Crippen molar-refractivity contribution in [2.45, 2.75) is 51.4 Å². The molecule has 0 saturated carbocycles. The van der Waals surface area contributed by atoms with Crippen molar-refractivity contribution in [3.05, 3.63) is 65.2 Å². The van der Waals surface area contributed by atoms with Gasteiger partial charge in [-0.05, 0) is 49.8 Å². The van der Waals surface area contributed by atoms with Crippen LogP contribution in [-0.2, 0) is 15.7 Å². The van der Waals surface area contributed by atoms with E-state index < -0.39 is 0 Å². The Morgan fingerprint density at radius 2 is 1.56 bits per heavy atom. The van der Waals surface area contributed by atoms with Gasteiger partial charge < -0.3 is 9.31 Å². The second kappa shape index (κ2) is 5.82. The lowest BCUT2D eigenvalue weighted by atomic mass is 9.78. The van der Waals surface area contributed by atoms with Gasteiger partial charge in [-0.15, -0.1) is 0 Å². The minimum atomic E-state index is -0.318. The summed E-state index contributed by atoms with van der Waals surface area (Å²) in [7, 11) is -0.318. The molecular weight excluding hydrogens is 309 g/mol. The topological polar surface area (TPSA) is 30.8 Å². The Kier molecular flexibility index (Phi) is 3.86. The van der Waals surface area contributed by atoms with Crippen LogP contribution in [0.25, 0.3) is 0 Å². The molecule has 1 saturated heterocycles. The third-order valence-electron chi connectivity index (χ3n) is 5.69. The Morgan fingerprint density at radius 1 is 0.920 bits per heavy atom. The number of fused-ring (bicyclic) bond motifs is 1. The van der Waals surface area contributed by atoms with Gasteiger partial charge in [0.05, 0.1) is 17.2 Å². The van der Waals surface area contributed by atoms with Crippen LogP contribution in [0.15, 0.2) is 53.5 Å². The average molecular weight is 333 g/mol. The number of hydrogen-bond donors (Lipinski definition) is 0. The Labute approximate surface area is 150 Å². The van der Waals surface area contributed by atoms with E-state index in [1.165, 1.54) is 16.7 Å². The minimum Gasteiger partial charge on any atom is -0.399 e. The summed E-state index contributed by atoms with van der Waals surface area (Å²) >= 11 is 0. The van der Waals surface area contributed by atoms with Crippen LogP contribution in [0.2, 0.25) is 0 Å². The lowest BCUT2D eigenvalue weighted by molar-refractivity contribution is 0.00578. The molecule has 25 heavy (non-hydrogen) atoms. The van der Waals surface area contributed by atoms with Gasteiger partial charge in [0.2, 0.25) is 0 Å². The van der Waals surface area contributed by atoms with E-state index in [0.717, 1.165) is 11.9 Å². The first kappa shape index (κ1) is 16.6. The van der Waals surface area contributed by atoms with Gasteiger partial charge in [-0.2, -0.15) is 0 Å². The number of aliphatic imine (C=N–C) groups is 1. The summed E-state index contributed by atoms with van der Waals surface area (Å²) in [5.74, 6) is 0. The predicted octanol–water partition coefficient (Wildman–Crippen LogP) is 3.70. The molecule has 1 fully saturated rings. The molecule has 1 atom stereocenters. The first-order valence-corrected chi connectivity index (χ1v) is 8.92. The van der Waals surface area contributed by atoms with Crippen molar-refractivity contribution in [1.82, 2.24) is 0 Å². The lowest BCUT2D eigenvalue weighted by Gasteiger charge is -2.32. The van der Waals surface area contributed by atoms with Gasteiger partial charge in [0.25, 0.3) is 0 Å². The molecule has 2 aromatic rings. The molecule has 3 nitrogen and oxygen atoms in total. The van der Waals surface area contributed by atoms with Crippen molar-refractivity contribution in [3.8, 4) is 0 Å². The van der Waals surface area contributed by atoms with Crippen molar-refractivity contribution in [2.24, 2.45) is 4.99 Å². The fraction of sp³-hybridized carbons (Fsp3) is 0.381. The molecular formula is C21H24BNO2. The summed E-state index contributed by atoms with van der Waals surface area (Å²) in [6, 6.07) is 17.1. The van der Waals surface area contributed by atoms with E-state index in [-0.39, 0.29) is 24.4 Å². The van der Waals surface area contributed by atoms with E-state index in [2.05, 4.69) is 76.2 Å². The Balaban J connectivity index is 1.60. The van der Waals surface area contributed by atoms with E-state index in [1.54, 1.807) is 0 Å². The molecule has 2 aromatic carbocycles. The van der Waals surface area contributed by atoms with E-state index in [1.807, 2.05) is 6.21 Å². The van der Waals surface area contributed by atoms with E-state index in [9.17, 15) is 0 Å². The second-order valence-corrected chi connectivity index (χ2v) is 7.89. The maximum atomic E-state index is 6.14. The smallest absolute Gasteiger partial charge is 0.399 e. The Bertz CT molecular complexity index is 795. The van der Waals surface area contributed by atoms with Crippen molar-refractivity contribution < 1.29 is 9.31 Å². The van der Waals surface area contributed by atoms with Gasteiger partial charge in [-0.25, -0.2) is 0 Å². The van der Waals surface area contributed by atoms with Crippen LogP contribution in [0.3, 0.4) is 0 Å². The van der Waals surface area contributed by atoms with Crippen LogP contribution in [-0.4, -0.2) is 24.5 Å². The summed E-state index contributed by atoms with van der Waals surface area (Å²) in [6.45, 7) is 8.31. The van der Waals surface area contributed by atoms with Crippen LogP contribution in [0.5, 0.6) is 0 Å². The summed E-state index contributed by atoms with van der Waals surface area (Å²) in [4.78, 5) is 4.73. The van der Waals surface area contributed by atoms with Gasteiger partial charge in [0, 0.05) is 12.6 Å². The van der Waals surface area contributed by atoms with E-state index in [0.29, 0.717) is 0 Å². The van der Waals surface area contributed by atoms with E-state index in [4.69, 9.17) is 14.3 Å². The molecule has 0 amide bonds. The molecule has 2 heterocycles. The highest BCUT2D eigenvalue weighted by molar-refractivity contribution is 6.62. The fourth-order valence-corrected chi connectivity index (χ4v) is 3.40. The normalized spacial score (nSPS) is 23.5. The van der Waals surface area contributed by atoms with Crippen LogP contribution in [0.4, 0.5) is 0 Å². The maximum Gasteiger partial charge on any atom is 0.494 e. The third kappa shape index (κ3) is 2.84. The maximum absolute atomic E-state index is 6.14. The Hall–Kier alpha value is -1.91. The van der Waals surface area contributed by atoms with Crippen molar-refractivity contribution in [1.29, 1.82) is 0 Å². The number of rotatable bonds is 2. The highest BCUT2D eigenvalue weighted by Crippen LogP contribution is 2.37. The molecule has 2 aliphatic heterocycles. The molecule has 0 bridgehead atoms. The molecule has 4 rings (SSSR count). The third-order valence-corrected chi connectivity index (χ3v) is 5.69. The summed E-state index contributed by atoms with van der Waals surface area (Å²) < 4.78 is 12.3. The molecule has 2 aliphatic rings. The van der Waals surface area contributed by atoms with Crippen molar-refractivity contribution in [3.63, 3.8) is 0 Å². The van der Waals surface area contributed by atoms with Gasteiger partial charge in [0.15, 0.2) is 0 Å². The standard InChI is InChI=1S/C21H24BNO2/c1-20(2)21(3,4)25-22(24-20)17-11-9-16(10-12-17)19-18-8-6-5-7-15(18)13-14-23-19/h5-12,14,19H,13H2,1-4H3/t19-/m0/s1. The summed E-state index contributed by atoms with van der Waals surface area (Å²) in [5.41, 5.74) is 4.27. The zero-order valence-corrected chi connectivity index (χ0v) is 15.3. The molecule has 128 valence electrons. The van der Waals surface area contributed by atoms with Crippen LogP contribution >= 0.6 is 0 Å².